The van der Waals surface area contributed by atoms with E-state index < -0.39 is 6.04 Å². The van der Waals surface area contributed by atoms with Crippen LogP contribution in [0.5, 0.6) is 0 Å². The van der Waals surface area contributed by atoms with E-state index in [4.69, 9.17) is 0 Å². The summed E-state index contributed by atoms with van der Waals surface area (Å²) in [6, 6.07) is 7.95. The van der Waals surface area contributed by atoms with Crippen molar-refractivity contribution in [1.29, 1.82) is 0 Å². The molecule has 2 aliphatic heterocycles. The second kappa shape index (κ2) is 5.56. The Labute approximate surface area is 143 Å². The number of carbonyl (C=O) groups is 3. The van der Waals surface area contributed by atoms with Gasteiger partial charge in [0.2, 0.25) is 5.91 Å². The van der Waals surface area contributed by atoms with Crippen LogP contribution in [-0.2, 0) is 17.8 Å². The first-order valence-corrected chi connectivity index (χ1v) is 8.77. The Bertz CT molecular complexity index is 822. The third-order valence-corrected chi connectivity index (χ3v) is 5.71. The van der Waals surface area contributed by atoms with Crippen LogP contribution in [0.25, 0.3) is 0 Å². The summed E-state index contributed by atoms with van der Waals surface area (Å²) >= 11 is 1.71. The first-order valence-electron chi connectivity index (χ1n) is 7.89. The van der Waals surface area contributed by atoms with Gasteiger partial charge in [-0.1, -0.05) is 12.1 Å². The fourth-order valence-corrected chi connectivity index (χ4v) is 4.26. The first kappa shape index (κ1) is 15.1. The van der Waals surface area contributed by atoms with Crippen LogP contribution in [0.4, 0.5) is 0 Å². The molecule has 6 heteroatoms. The number of imide groups is 1. The van der Waals surface area contributed by atoms with E-state index in [1.807, 2.05) is 11.4 Å². The van der Waals surface area contributed by atoms with Gasteiger partial charge in [0, 0.05) is 18.0 Å². The van der Waals surface area contributed by atoms with Gasteiger partial charge in [-0.25, -0.2) is 0 Å². The summed E-state index contributed by atoms with van der Waals surface area (Å²) in [7, 11) is 0. The molecule has 0 fully saturated rings. The van der Waals surface area contributed by atoms with Gasteiger partial charge in [0.05, 0.1) is 11.1 Å². The summed E-state index contributed by atoms with van der Waals surface area (Å²) in [5, 5.41) is 2.03. The van der Waals surface area contributed by atoms with Crippen molar-refractivity contribution >= 4 is 29.1 Å². The van der Waals surface area contributed by atoms with E-state index in [-0.39, 0.29) is 17.7 Å². The number of rotatable bonds is 2. The molecule has 0 bridgehead atoms. The van der Waals surface area contributed by atoms with Gasteiger partial charge in [-0.2, -0.15) is 0 Å². The summed E-state index contributed by atoms with van der Waals surface area (Å²) < 4.78 is 0. The van der Waals surface area contributed by atoms with E-state index >= 15 is 0 Å². The van der Waals surface area contributed by atoms with Gasteiger partial charge < -0.3 is 4.90 Å². The van der Waals surface area contributed by atoms with E-state index in [1.54, 1.807) is 47.4 Å². The third kappa shape index (κ3) is 2.17. The van der Waals surface area contributed by atoms with Crippen molar-refractivity contribution in [3.8, 4) is 0 Å². The Kier molecular flexibility index (Phi) is 3.49. The molecule has 1 aromatic heterocycles. The average Bonchev–Trinajstić information content (AvgIpc) is 3.17. The molecular formula is C18H16N2O3S. The Morgan fingerprint density at radius 2 is 1.79 bits per heavy atom. The van der Waals surface area contributed by atoms with Crippen molar-refractivity contribution in [2.45, 2.75) is 25.9 Å². The predicted molar refractivity (Wildman–Crippen MR) is 89.8 cm³/mol. The number of amides is 3. The van der Waals surface area contributed by atoms with Crippen LogP contribution in [0.3, 0.4) is 0 Å². The Morgan fingerprint density at radius 3 is 2.46 bits per heavy atom. The molecular weight excluding hydrogens is 324 g/mol. The molecule has 24 heavy (non-hydrogen) atoms. The maximum atomic E-state index is 12.8. The van der Waals surface area contributed by atoms with Crippen LogP contribution in [-0.4, -0.2) is 40.1 Å². The second-order valence-electron chi connectivity index (χ2n) is 6.08. The van der Waals surface area contributed by atoms with E-state index in [1.165, 1.54) is 4.88 Å². The lowest BCUT2D eigenvalue weighted by atomic mass is 10.1. The fraction of sp³-hybridized carbons (Fsp3) is 0.278. The van der Waals surface area contributed by atoms with Crippen LogP contribution in [0.1, 0.15) is 38.1 Å². The zero-order chi connectivity index (χ0) is 16.8. The maximum absolute atomic E-state index is 12.8. The zero-order valence-electron chi connectivity index (χ0n) is 13.2. The van der Waals surface area contributed by atoms with Crippen molar-refractivity contribution in [3.63, 3.8) is 0 Å². The molecule has 0 spiro atoms. The Hall–Kier alpha value is -2.47. The van der Waals surface area contributed by atoms with Crippen LogP contribution in [0.15, 0.2) is 35.7 Å². The molecule has 0 N–H and O–H groups in total. The second-order valence-corrected chi connectivity index (χ2v) is 7.08. The third-order valence-electron chi connectivity index (χ3n) is 4.69. The molecule has 0 radical (unpaired) electrons. The normalized spacial score (nSPS) is 17.7. The minimum absolute atomic E-state index is 0.179. The van der Waals surface area contributed by atoms with E-state index in [2.05, 4.69) is 0 Å². The standard InChI is InChI=1S/C18H16N2O3S/c1-11(16(21)19-8-6-15-12(10-19)7-9-24-15)20-17(22)13-4-2-3-5-14(13)18(20)23/h2-5,7,9,11H,6,8,10H2,1H3. The largest absolute Gasteiger partial charge is 0.336 e. The number of fused-ring (bicyclic) bond motifs is 2. The van der Waals surface area contributed by atoms with Crippen molar-refractivity contribution in [1.82, 2.24) is 9.80 Å². The summed E-state index contributed by atoms with van der Waals surface area (Å²) in [4.78, 5) is 42.0. The van der Waals surface area contributed by atoms with E-state index in [0.717, 1.165) is 16.9 Å². The minimum atomic E-state index is -0.794. The number of hydrogen-bond acceptors (Lipinski definition) is 4. The van der Waals surface area contributed by atoms with Gasteiger partial charge in [0.15, 0.2) is 0 Å². The van der Waals surface area contributed by atoms with Crippen molar-refractivity contribution in [3.05, 3.63) is 57.3 Å². The van der Waals surface area contributed by atoms with Crippen LogP contribution in [0.2, 0.25) is 0 Å². The van der Waals surface area contributed by atoms with Crippen molar-refractivity contribution in [2.75, 3.05) is 6.54 Å². The van der Waals surface area contributed by atoms with Crippen LogP contribution in [0, 0.1) is 0 Å². The smallest absolute Gasteiger partial charge is 0.262 e. The van der Waals surface area contributed by atoms with Gasteiger partial charge in [0.1, 0.15) is 6.04 Å². The molecule has 2 aliphatic rings. The van der Waals surface area contributed by atoms with E-state index in [0.29, 0.717) is 24.2 Å². The number of hydrogen-bond donors (Lipinski definition) is 0. The summed E-state index contributed by atoms with van der Waals surface area (Å²) in [6.45, 7) is 2.80. The molecule has 122 valence electrons. The molecule has 1 unspecified atom stereocenters. The van der Waals surface area contributed by atoms with Gasteiger partial charge in [-0.15, -0.1) is 11.3 Å². The zero-order valence-corrected chi connectivity index (χ0v) is 14.0. The van der Waals surface area contributed by atoms with Crippen molar-refractivity contribution < 1.29 is 14.4 Å². The molecule has 4 rings (SSSR count). The molecule has 0 aliphatic carbocycles. The molecule has 1 aromatic carbocycles. The van der Waals surface area contributed by atoms with Gasteiger partial charge >= 0.3 is 0 Å². The Morgan fingerprint density at radius 1 is 1.12 bits per heavy atom. The van der Waals surface area contributed by atoms with Gasteiger partial charge in [-0.3, -0.25) is 19.3 Å². The molecule has 0 saturated heterocycles. The molecule has 2 aromatic rings. The number of carbonyl (C=O) groups excluding carboxylic acids is 3. The average molecular weight is 340 g/mol. The quantitative estimate of drug-likeness (QED) is 0.789. The highest BCUT2D eigenvalue weighted by molar-refractivity contribution is 7.10. The van der Waals surface area contributed by atoms with Gasteiger partial charge in [-0.05, 0) is 42.5 Å². The number of benzene rings is 1. The fourth-order valence-electron chi connectivity index (χ4n) is 3.37. The lowest BCUT2D eigenvalue weighted by Crippen LogP contribution is -2.50. The molecule has 1 atom stereocenters. The van der Waals surface area contributed by atoms with Gasteiger partial charge in [0.25, 0.3) is 11.8 Å². The first-order chi connectivity index (χ1) is 11.6. The number of nitrogens with zero attached hydrogens (tertiary/aromatic N) is 2. The van der Waals surface area contributed by atoms with Crippen LogP contribution >= 0.6 is 11.3 Å². The molecule has 0 saturated carbocycles. The lowest BCUT2D eigenvalue weighted by molar-refractivity contribution is -0.135. The lowest BCUT2D eigenvalue weighted by Gasteiger charge is -2.32. The summed E-state index contributed by atoms with van der Waals surface area (Å²) in [6.07, 6.45) is 0.827. The molecule has 3 heterocycles. The summed E-state index contributed by atoms with van der Waals surface area (Å²) in [5.41, 5.74) is 1.91. The highest BCUT2D eigenvalue weighted by atomic mass is 32.1. The molecule has 3 amide bonds. The topological polar surface area (TPSA) is 57.7 Å². The highest BCUT2D eigenvalue weighted by Gasteiger charge is 2.42. The molecule has 5 nitrogen and oxygen atoms in total. The minimum Gasteiger partial charge on any atom is -0.336 e. The maximum Gasteiger partial charge on any atom is 0.262 e. The van der Waals surface area contributed by atoms with E-state index in [9.17, 15) is 14.4 Å². The SMILES string of the molecule is CC(C(=O)N1CCc2sccc2C1)N1C(=O)c2ccccc2C1=O. The monoisotopic (exact) mass is 340 g/mol. The summed E-state index contributed by atoms with van der Waals surface area (Å²) in [5.74, 6) is -0.948. The number of thiophene rings is 1. The highest BCUT2D eigenvalue weighted by Crippen LogP contribution is 2.28. The predicted octanol–water partition coefficient (Wildman–Crippen LogP) is 2.32. The van der Waals surface area contributed by atoms with Crippen molar-refractivity contribution in [2.24, 2.45) is 0 Å². The van der Waals surface area contributed by atoms with Crippen LogP contribution < -0.4 is 0 Å². The Balaban J connectivity index is 1.56.